The molecule has 3 heteroatoms. The van der Waals surface area contributed by atoms with Gasteiger partial charge in [0.15, 0.2) is 0 Å². The number of benzene rings is 1. The Hall–Kier alpha value is -1.61. The molecule has 1 aliphatic rings. The maximum atomic E-state index is 4.37. The molecule has 1 aliphatic heterocycles. The van der Waals surface area contributed by atoms with E-state index in [1.165, 1.54) is 29.7 Å². The number of rotatable bonds is 2. The lowest BCUT2D eigenvalue weighted by Crippen LogP contribution is -2.40. The highest BCUT2D eigenvalue weighted by Gasteiger charge is 2.24. The molecule has 0 spiro atoms. The predicted molar refractivity (Wildman–Crippen MR) is 78.1 cm³/mol. The summed E-state index contributed by atoms with van der Waals surface area (Å²) in [6, 6.07) is 9.66. The lowest BCUT2D eigenvalue weighted by molar-refractivity contribution is 0.297. The van der Waals surface area contributed by atoms with Gasteiger partial charge in [-0.15, -0.1) is 0 Å². The molecule has 1 fully saturated rings. The molecule has 1 N–H and O–H groups in total. The van der Waals surface area contributed by atoms with Crippen LogP contribution in [-0.2, 0) is 0 Å². The third-order valence-corrected chi connectivity index (χ3v) is 4.06. The fourth-order valence-corrected chi connectivity index (χ4v) is 3.00. The van der Waals surface area contributed by atoms with Gasteiger partial charge in [-0.2, -0.15) is 0 Å². The van der Waals surface area contributed by atoms with Crippen LogP contribution >= 0.6 is 0 Å². The number of piperidine rings is 1. The van der Waals surface area contributed by atoms with Gasteiger partial charge in [0.05, 0.1) is 24.3 Å². The highest BCUT2D eigenvalue weighted by atomic mass is 15.1. The SMILES string of the molecule is Cc1cccc(-c2cncn2C2CCCNC2C)c1. The summed E-state index contributed by atoms with van der Waals surface area (Å²) in [5.41, 5.74) is 3.78. The molecule has 2 aromatic rings. The minimum Gasteiger partial charge on any atom is -0.326 e. The number of nitrogens with one attached hydrogen (secondary N) is 1. The Morgan fingerprint density at radius 2 is 2.26 bits per heavy atom. The molecule has 3 nitrogen and oxygen atoms in total. The smallest absolute Gasteiger partial charge is 0.0954 e. The van der Waals surface area contributed by atoms with Crippen LogP contribution < -0.4 is 5.32 Å². The summed E-state index contributed by atoms with van der Waals surface area (Å²) in [6.45, 7) is 5.53. The third kappa shape index (κ3) is 2.43. The first-order chi connectivity index (χ1) is 9.25. The lowest BCUT2D eigenvalue weighted by Gasteiger charge is -2.32. The van der Waals surface area contributed by atoms with E-state index in [-0.39, 0.29) is 0 Å². The number of hydrogen-bond donors (Lipinski definition) is 1. The first-order valence-electron chi connectivity index (χ1n) is 7.08. The van der Waals surface area contributed by atoms with Gasteiger partial charge in [-0.25, -0.2) is 4.98 Å². The summed E-state index contributed by atoms with van der Waals surface area (Å²) in [6.07, 6.45) is 6.42. The zero-order chi connectivity index (χ0) is 13.2. The average molecular weight is 255 g/mol. The molecule has 0 amide bonds. The summed E-state index contributed by atoms with van der Waals surface area (Å²) in [5.74, 6) is 0. The van der Waals surface area contributed by atoms with Gasteiger partial charge >= 0.3 is 0 Å². The molecule has 100 valence electrons. The zero-order valence-corrected chi connectivity index (χ0v) is 11.6. The van der Waals surface area contributed by atoms with Crippen molar-refractivity contribution in [3.8, 4) is 11.3 Å². The van der Waals surface area contributed by atoms with Crippen molar-refractivity contribution < 1.29 is 0 Å². The topological polar surface area (TPSA) is 29.9 Å². The van der Waals surface area contributed by atoms with E-state index in [0.29, 0.717) is 12.1 Å². The van der Waals surface area contributed by atoms with Crippen molar-refractivity contribution in [1.82, 2.24) is 14.9 Å². The van der Waals surface area contributed by atoms with Crippen LogP contribution in [0.15, 0.2) is 36.8 Å². The van der Waals surface area contributed by atoms with Crippen molar-refractivity contribution in [3.05, 3.63) is 42.4 Å². The number of aryl methyl sites for hydroxylation is 1. The minimum atomic E-state index is 0.506. The van der Waals surface area contributed by atoms with E-state index < -0.39 is 0 Å². The lowest BCUT2D eigenvalue weighted by atomic mass is 9.98. The third-order valence-electron chi connectivity index (χ3n) is 4.06. The second-order valence-electron chi connectivity index (χ2n) is 5.51. The van der Waals surface area contributed by atoms with Crippen LogP contribution in [-0.4, -0.2) is 22.1 Å². The molecular weight excluding hydrogens is 234 g/mol. The van der Waals surface area contributed by atoms with E-state index in [1.807, 2.05) is 12.5 Å². The fourth-order valence-electron chi connectivity index (χ4n) is 3.00. The Labute approximate surface area is 114 Å². The molecule has 2 unspecified atom stereocenters. The Bertz CT molecular complexity index is 559. The highest BCUT2D eigenvalue weighted by molar-refractivity contribution is 5.60. The van der Waals surface area contributed by atoms with Crippen molar-refractivity contribution in [2.75, 3.05) is 6.54 Å². The van der Waals surface area contributed by atoms with Gasteiger partial charge in [0, 0.05) is 11.6 Å². The normalized spacial score (nSPS) is 23.5. The molecule has 0 radical (unpaired) electrons. The highest BCUT2D eigenvalue weighted by Crippen LogP contribution is 2.29. The van der Waals surface area contributed by atoms with Crippen LogP contribution in [0.3, 0.4) is 0 Å². The molecule has 19 heavy (non-hydrogen) atoms. The molecule has 2 atom stereocenters. The molecule has 1 aromatic heterocycles. The van der Waals surface area contributed by atoms with E-state index in [9.17, 15) is 0 Å². The molecule has 2 heterocycles. The second-order valence-corrected chi connectivity index (χ2v) is 5.51. The largest absolute Gasteiger partial charge is 0.326 e. The molecule has 0 saturated carbocycles. The number of imidazole rings is 1. The number of aromatic nitrogens is 2. The molecule has 1 aromatic carbocycles. The Balaban J connectivity index is 1.98. The van der Waals surface area contributed by atoms with Gasteiger partial charge in [0.1, 0.15) is 0 Å². The van der Waals surface area contributed by atoms with E-state index in [4.69, 9.17) is 0 Å². The molecule has 3 rings (SSSR count). The standard InChI is InChI=1S/C16H21N3/c1-12-5-3-6-14(9-12)16-10-17-11-19(16)15-7-4-8-18-13(15)2/h3,5-6,9-11,13,15,18H,4,7-8H2,1-2H3. The molecule has 0 bridgehead atoms. The molecular formula is C16H21N3. The fraction of sp³-hybridized carbons (Fsp3) is 0.438. The quantitative estimate of drug-likeness (QED) is 0.893. The maximum absolute atomic E-state index is 4.37. The van der Waals surface area contributed by atoms with Crippen molar-refractivity contribution in [2.45, 2.75) is 38.8 Å². The van der Waals surface area contributed by atoms with Gasteiger partial charge < -0.3 is 9.88 Å². The summed E-state index contributed by atoms with van der Waals surface area (Å²) in [4.78, 5) is 4.37. The van der Waals surface area contributed by atoms with Gasteiger partial charge in [-0.3, -0.25) is 0 Å². The van der Waals surface area contributed by atoms with Crippen LogP contribution in [0.2, 0.25) is 0 Å². The van der Waals surface area contributed by atoms with Crippen molar-refractivity contribution in [3.63, 3.8) is 0 Å². The molecule has 0 aliphatic carbocycles. The number of nitrogens with zero attached hydrogens (tertiary/aromatic N) is 2. The first kappa shape index (κ1) is 12.4. The second kappa shape index (κ2) is 5.17. The van der Waals surface area contributed by atoms with Gasteiger partial charge in [0.2, 0.25) is 0 Å². The summed E-state index contributed by atoms with van der Waals surface area (Å²) in [7, 11) is 0. The Morgan fingerprint density at radius 3 is 3.05 bits per heavy atom. The van der Waals surface area contributed by atoms with Crippen LogP contribution in [0.25, 0.3) is 11.3 Å². The Kier molecular flexibility index (Phi) is 3.38. The van der Waals surface area contributed by atoms with Gasteiger partial charge in [-0.1, -0.05) is 23.8 Å². The minimum absolute atomic E-state index is 0.506. The van der Waals surface area contributed by atoms with E-state index >= 15 is 0 Å². The van der Waals surface area contributed by atoms with Crippen molar-refractivity contribution >= 4 is 0 Å². The monoisotopic (exact) mass is 255 g/mol. The summed E-state index contributed by atoms with van der Waals surface area (Å²) < 4.78 is 2.34. The van der Waals surface area contributed by atoms with Crippen LogP contribution in [0, 0.1) is 6.92 Å². The number of hydrogen-bond acceptors (Lipinski definition) is 2. The van der Waals surface area contributed by atoms with Crippen molar-refractivity contribution in [1.29, 1.82) is 0 Å². The van der Waals surface area contributed by atoms with E-state index in [2.05, 4.69) is 53.0 Å². The van der Waals surface area contributed by atoms with Gasteiger partial charge in [0.25, 0.3) is 0 Å². The van der Waals surface area contributed by atoms with E-state index in [0.717, 1.165) is 6.54 Å². The van der Waals surface area contributed by atoms with Crippen LogP contribution in [0.5, 0.6) is 0 Å². The summed E-state index contributed by atoms with van der Waals surface area (Å²) >= 11 is 0. The van der Waals surface area contributed by atoms with Gasteiger partial charge in [-0.05, 0) is 39.3 Å². The van der Waals surface area contributed by atoms with Crippen LogP contribution in [0.4, 0.5) is 0 Å². The summed E-state index contributed by atoms with van der Waals surface area (Å²) in [5, 5.41) is 3.56. The maximum Gasteiger partial charge on any atom is 0.0954 e. The first-order valence-corrected chi connectivity index (χ1v) is 7.08. The average Bonchev–Trinajstić information content (AvgIpc) is 2.88. The van der Waals surface area contributed by atoms with E-state index in [1.54, 1.807) is 0 Å². The predicted octanol–water partition coefficient (Wildman–Crippen LogP) is 3.17. The van der Waals surface area contributed by atoms with Crippen molar-refractivity contribution in [2.24, 2.45) is 0 Å². The van der Waals surface area contributed by atoms with Crippen LogP contribution in [0.1, 0.15) is 31.4 Å². The zero-order valence-electron chi connectivity index (χ0n) is 11.6. The Morgan fingerprint density at radius 1 is 1.37 bits per heavy atom. The molecule has 1 saturated heterocycles.